The van der Waals surface area contributed by atoms with Gasteiger partial charge in [-0.2, -0.15) is 0 Å². The minimum Gasteiger partial charge on any atom is -0.296 e. The average Bonchev–Trinajstić information content (AvgIpc) is 2.30. The number of amides is 2. The van der Waals surface area contributed by atoms with Crippen LogP contribution in [0.1, 0.15) is 12.8 Å². The number of allylic oxidation sites excluding steroid dienone is 1. The predicted octanol–water partition coefficient (Wildman–Crippen LogP) is -0.156. The van der Waals surface area contributed by atoms with Gasteiger partial charge in [0.25, 0.3) is 0 Å². The van der Waals surface area contributed by atoms with Crippen molar-refractivity contribution < 1.29 is 9.59 Å². The molecule has 1 saturated heterocycles. The van der Waals surface area contributed by atoms with Crippen LogP contribution in [0.2, 0.25) is 0 Å². The summed E-state index contributed by atoms with van der Waals surface area (Å²) in [7, 11) is 0. The maximum Gasteiger partial charge on any atom is 2.00 e. The number of carbonyl (C=O) groups is 2. The van der Waals surface area contributed by atoms with Gasteiger partial charge in [0, 0.05) is 0 Å². The van der Waals surface area contributed by atoms with E-state index in [1.165, 1.54) is 0 Å². The van der Waals surface area contributed by atoms with Crippen molar-refractivity contribution >= 4 is 49.6 Å². The number of carbonyl (C=O) groups excluding carboxylic acids is 2. The fourth-order valence-corrected chi connectivity index (χ4v) is 1.69. The molecule has 2 amide bonds. The molecule has 0 bridgehead atoms. The van der Waals surface area contributed by atoms with Crippen LogP contribution in [0, 0.1) is 11.8 Å². The van der Waals surface area contributed by atoms with E-state index in [9.17, 15) is 9.59 Å². The van der Waals surface area contributed by atoms with Gasteiger partial charge in [0.1, 0.15) is 0 Å². The molecule has 12 heavy (non-hydrogen) atoms. The van der Waals surface area contributed by atoms with Gasteiger partial charge in [-0.05, 0) is 12.8 Å². The van der Waals surface area contributed by atoms with Crippen molar-refractivity contribution in [3.8, 4) is 0 Å². The molecule has 2 unspecified atom stereocenters. The standard InChI is InChI=1S/C8H9NO2.Ca/c10-7-5-3-1-2-4-6(5)8(11)9-7;/h1,3,5-6H,2,4H2,(H,9,10,11);/q;+2. The first kappa shape index (κ1) is 10.2. The molecule has 1 aliphatic carbocycles. The Morgan fingerprint density at radius 2 is 2.08 bits per heavy atom. The number of rotatable bonds is 0. The zero-order valence-electron chi connectivity index (χ0n) is 6.75. The maximum atomic E-state index is 11.1. The van der Waals surface area contributed by atoms with Crippen LogP contribution in [-0.2, 0) is 9.59 Å². The van der Waals surface area contributed by atoms with E-state index in [1.807, 2.05) is 12.2 Å². The molecular formula is C8H9CaNO2+2. The van der Waals surface area contributed by atoms with Crippen LogP contribution in [0.3, 0.4) is 0 Å². The zero-order chi connectivity index (χ0) is 7.84. The summed E-state index contributed by atoms with van der Waals surface area (Å²) in [6.45, 7) is 0. The van der Waals surface area contributed by atoms with Gasteiger partial charge in [-0.3, -0.25) is 14.9 Å². The van der Waals surface area contributed by atoms with E-state index in [0.29, 0.717) is 0 Å². The maximum absolute atomic E-state index is 11.1. The summed E-state index contributed by atoms with van der Waals surface area (Å²) >= 11 is 0. The normalized spacial score (nSPS) is 32.3. The van der Waals surface area contributed by atoms with E-state index in [1.54, 1.807) is 0 Å². The summed E-state index contributed by atoms with van der Waals surface area (Å²) in [6.07, 6.45) is 5.55. The molecule has 0 saturated carbocycles. The number of nitrogens with one attached hydrogen (secondary N) is 1. The van der Waals surface area contributed by atoms with Gasteiger partial charge in [0.2, 0.25) is 11.8 Å². The van der Waals surface area contributed by atoms with Crippen LogP contribution in [0.5, 0.6) is 0 Å². The molecular weight excluding hydrogens is 182 g/mol. The number of imide groups is 1. The molecule has 0 radical (unpaired) electrons. The van der Waals surface area contributed by atoms with Gasteiger partial charge in [0.05, 0.1) is 11.8 Å². The van der Waals surface area contributed by atoms with E-state index in [0.717, 1.165) is 12.8 Å². The van der Waals surface area contributed by atoms with Gasteiger partial charge in [0.15, 0.2) is 0 Å². The first-order chi connectivity index (χ1) is 5.29. The molecule has 1 N–H and O–H groups in total. The molecule has 58 valence electrons. The van der Waals surface area contributed by atoms with Crippen LogP contribution in [0.15, 0.2) is 12.2 Å². The van der Waals surface area contributed by atoms with Gasteiger partial charge in [-0.1, -0.05) is 12.2 Å². The molecule has 0 aromatic carbocycles. The summed E-state index contributed by atoms with van der Waals surface area (Å²) < 4.78 is 0. The fraction of sp³-hybridized carbons (Fsp3) is 0.500. The summed E-state index contributed by atoms with van der Waals surface area (Å²) in [5.74, 6) is -0.468. The zero-order valence-corrected chi connectivity index (χ0v) is 8.96. The van der Waals surface area contributed by atoms with Crippen molar-refractivity contribution in [2.45, 2.75) is 12.8 Å². The van der Waals surface area contributed by atoms with E-state index in [2.05, 4.69) is 5.32 Å². The van der Waals surface area contributed by atoms with Gasteiger partial charge in [-0.25, -0.2) is 0 Å². The van der Waals surface area contributed by atoms with Crippen LogP contribution in [0.4, 0.5) is 0 Å². The summed E-state index contributed by atoms with van der Waals surface area (Å²) in [5, 5.41) is 2.33. The van der Waals surface area contributed by atoms with Crippen molar-refractivity contribution in [2.24, 2.45) is 11.8 Å². The molecule has 1 fully saturated rings. The second kappa shape index (κ2) is 3.90. The molecule has 2 atom stereocenters. The Morgan fingerprint density at radius 1 is 1.33 bits per heavy atom. The Hall–Kier alpha value is 0.140. The third kappa shape index (κ3) is 1.58. The van der Waals surface area contributed by atoms with Crippen molar-refractivity contribution in [2.75, 3.05) is 0 Å². The van der Waals surface area contributed by atoms with Crippen molar-refractivity contribution in [3.63, 3.8) is 0 Å². The monoisotopic (exact) mass is 191 g/mol. The number of hydrogen-bond acceptors (Lipinski definition) is 2. The van der Waals surface area contributed by atoms with E-state index < -0.39 is 0 Å². The largest absolute Gasteiger partial charge is 2.00 e. The number of fused-ring (bicyclic) bond motifs is 1. The summed E-state index contributed by atoms with van der Waals surface area (Å²) in [4.78, 5) is 22.1. The Labute approximate surface area is 101 Å². The summed E-state index contributed by atoms with van der Waals surface area (Å²) in [5.41, 5.74) is 0. The van der Waals surface area contributed by atoms with E-state index in [4.69, 9.17) is 0 Å². The molecule has 0 aromatic rings. The van der Waals surface area contributed by atoms with Crippen molar-refractivity contribution in [1.29, 1.82) is 0 Å². The molecule has 0 spiro atoms. The van der Waals surface area contributed by atoms with Crippen molar-refractivity contribution in [3.05, 3.63) is 12.2 Å². The van der Waals surface area contributed by atoms with Gasteiger partial charge >= 0.3 is 37.7 Å². The second-order valence-corrected chi connectivity index (χ2v) is 2.99. The van der Waals surface area contributed by atoms with E-state index in [-0.39, 0.29) is 61.4 Å². The molecule has 0 aromatic heterocycles. The van der Waals surface area contributed by atoms with Crippen LogP contribution in [-0.4, -0.2) is 49.6 Å². The third-order valence-electron chi connectivity index (χ3n) is 2.31. The Balaban J connectivity index is 0.000000720. The topological polar surface area (TPSA) is 46.2 Å². The molecule has 4 heteroatoms. The van der Waals surface area contributed by atoms with Gasteiger partial charge in [-0.15, -0.1) is 0 Å². The van der Waals surface area contributed by atoms with Crippen LogP contribution in [0.25, 0.3) is 0 Å². The Morgan fingerprint density at radius 3 is 2.75 bits per heavy atom. The van der Waals surface area contributed by atoms with E-state index >= 15 is 0 Å². The minimum atomic E-state index is -0.170. The Kier molecular flexibility index (Phi) is 3.32. The SMILES string of the molecule is O=C1NC(=O)C2CCC=CC12.[Ca+2]. The average molecular weight is 191 g/mol. The van der Waals surface area contributed by atoms with Crippen LogP contribution >= 0.6 is 0 Å². The Bertz CT molecular complexity index is 249. The summed E-state index contributed by atoms with van der Waals surface area (Å²) in [6, 6.07) is 0. The molecule has 2 rings (SSSR count). The second-order valence-electron chi connectivity index (χ2n) is 2.99. The molecule has 1 aliphatic heterocycles. The first-order valence-electron chi connectivity index (χ1n) is 3.80. The van der Waals surface area contributed by atoms with Gasteiger partial charge < -0.3 is 0 Å². The smallest absolute Gasteiger partial charge is 0.296 e. The fourth-order valence-electron chi connectivity index (χ4n) is 1.69. The third-order valence-corrected chi connectivity index (χ3v) is 2.31. The quantitative estimate of drug-likeness (QED) is 0.329. The molecule has 1 heterocycles. The molecule has 3 nitrogen and oxygen atoms in total. The number of hydrogen-bond donors (Lipinski definition) is 1. The predicted molar refractivity (Wildman–Crippen MR) is 44.3 cm³/mol. The molecule has 2 aliphatic rings. The minimum absolute atomic E-state index is 0. The first-order valence-corrected chi connectivity index (χ1v) is 3.80. The van der Waals surface area contributed by atoms with Crippen LogP contribution < -0.4 is 5.32 Å². The van der Waals surface area contributed by atoms with Crippen molar-refractivity contribution in [1.82, 2.24) is 5.32 Å².